The number of rotatable bonds is 4. The number of morpholine rings is 1. The second kappa shape index (κ2) is 8.10. The molecule has 0 saturated carbocycles. The molecule has 0 aliphatic carbocycles. The average Bonchev–Trinajstić information content (AvgIpc) is 2.68. The first kappa shape index (κ1) is 20.0. The average molecular weight is 400 g/mol. The molecule has 1 fully saturated rings. The molecule has 0 amide bonds. The molecule has 2 aromatic carbocycles. The van der Waals surface area contributed by atoms with Crippen LogP contribution in [0.5, 0.6) is 5.75 Å². The molecular weight excluding hydrogens is 380 g/mol. The van der Waals surface area contributed by atoms with Crippen molar-refractivity contribution in [2.45, 2.75) is 31.0 Å². The van der Waals surface area contributed by atoms with E-state index in [1.165, 1.54) is 40.7 Å². The van der Waals surface area contributed by atoms with Gasteiger partial charge in [-0.2, -0.15) is 9.57 Å². The fourth-order valence-corrected chi connectivity index (χ4v) is 4.59. The topological polar surface area (TPSA) is 96.7 Å². The molecular formula is C20H20N2O5S. The van der Waals surface area contributed by atoms with Gasteiger partial charge >= 0.3 is 5.97 Å². The molecule has 0 aromatic heterocycles. The van der Waals surface area contributed by atoms with Gasteiger partial charge in [0.25, 0.3) is 0 Å². The molecule has 7 nitrogen and oxygen atoms in total. The molecule has 1 heterocycles. The number of nitriles is 1. The molecule has 3 rings (SSSR count). The Kier molecular flexibility index (Phi) is 5.79. The monoisotopic (exact) mass is 400 g/mol. The van der Waals surface area contributed by atoms with Crippen LogP contribution in [0.2, 0.25) is 0 Å². The fraction of sp³-hybridized carbons (Fsp3) is 0.300. The first-order chi connectivity index (χ1) is 13.3. The Morgan fingerprint density at radius 3 is 2.18 bits per heavy atom. The SMILES string of the molecule is C[C@H]1CN(S(=O)(=O)c2ccc(C(=O)Oc3ccc(C#N)cc3)cc2)C[C@H](C)O1. The van der Waals surface area contributed by atoms with Crippen LogP contribution in [0.3, 0.4) is 0 Å². The van der Waals surface area contributed by atoms with Gasteiger partial charge in [-0.1, -0.05) is 0 Å². The lowest BCUT2D eigenvalue weighted by Gasteiger charge is -2.34. The lowest BCUT2D eigenvalue weighted by atomic mass is 10.2. The Bertz CT molecular complexity index is 984. The van der Waals surface area contributed by atoms with E-state index in [0.29, 0.717) is 11.3 Å². The van der Waals surface area contributed by atoms with E-state index in [2.05, 4.69) is 0 Å². The first-order valence-corrected chi connectivity index (χ1v) is 10.2. The highest BCUT2D eigenvalue weighted by Crippen LogP contribution is 2.22. The van der Waals surface area contributed by atoms with Crippen molar-refractivity contribution < 1.29 is 22.7 Å². The van der Waals surface area contributed by atoms with Gasteiger partial charge in [0.15, 0.2) is 0 Å². The van der Waals surface area contributed by atoms with Gasteiger partial charge in [-0.3, -0.25) is 0 Å². The van der Waals surface area contributed by atoms with Gasteiger partial charge in [0.1, 0.15) is 5.75 Å². The van der Waals surface area contributed by atoms with Crippen LogP contribution < -0.4 is 4.74 Å². The summed E-state index contributed by atoms with van der Waals surface area (Å²) in [5.74, 6) is -0.306. The maximum absolute atomic E-state index is 12.8. The molecule has 8 heteroatoms. The van der Waals surface area contributed by atoms with Crippen molar-refractivity contribution in [2.75, 3.05) is 13.1 Å². The summed E-state index contributed by atoms with van der Waals surface area (Å²) in [6.45, 7) is 4.24. The smallest absolute Gasteiger partial charge is 0.343 e. The van der Waals surface area contributed by atoms with Crippen molar-refractivity contribution in [3.63, 3.8) is 0 Å². The molecule has 0 bridgehead atoms. The minimum Gasteiger partial charge on any atom is -0.423 e. The molecule has 28 heavy (non-hydrogen) atoms. The summed E-state index contributed by atoms with van der Waals surface area (Å²) in [5.41, 5.74) is 0.688. The molecule has 0 N–H and O–H groups in total. The van der Waals surface area contributed by atoms with Crippen LogP contribution in [0.15, 0.2) is 53.4 Å². The van der Waals surface area contributed by atoms with Crippen LogP contribution in [0.1, 0.15) is 29.8 Å². The summed E-state index contributed by atoms with van der Waals surface area (Å²) in [6.07, 6.45) is -0.361. The summed E-state index contributed by atoms with van der Waals surface area (Å²) in [5, 5.41) is 8.79. The Hall–Kier alpha value is -2.73. The number of ether oxygens (including phenoxy) is 2. The number of carbonyl (C=O) groups excluding carboxylic acids is 1. The summed E-state index contributed by atoms with van der Waals surface area (Å²) < 4.78 is 37.9. The largest absolute Gasteiger partial charge is 0.423 e. The maximum Gasteiger partial charge on any atom is 0.343 e. The maximum atomic E-state index is 12.8. The third-order valence-electron chi connectivity index (χ3n) is 4.31. The second-order valence-corrected chi connectivity index (χ2v) is 8.57. The molecule has 1 aliphatic heterocycles. The van der Waals surface area contributed by atoms with Gasteiger partial charge in [0.2, 0.25) is 10.0 Å². The zero-order valence-corrected chi connectivity index (χ0v) is 16.3. The minimum atomic E-state index is -3.67. The van der Waals surface area contributed by atoms with E-state index in [-0.39, 0.29) is 35.8 Å². The summed E-state index contributed by atoms with van der Waals surface area (Å²) in [4.78, 5) is 12.4. The lowest BCUT2D eigenvalue weighted by Crippen LogP contribution is -2.48. The molecule has 0 spiro atoms. The predicted octanol–water partition coefficient (Wildman–Crippen LogP) is 2.58. The van der Waals surface area contributed by atoms with E-state index < -0.39 is 16.0 Å². The van der Waals surface area contributed by atoms with Crippen LogP contribution in [0, 0.1) is 11.3 Å². The molecule has 1 saturated heterocycles. The van der Waals surface area contributed by atoms with Crippen molar-refractivity contribution in [2.24, 2.45) is 0 Å². The van der Waals surface area contributed by atoms with Gasteiger partial charge in [-0.25, -0.2) is 13.2 Å². The summed E-state index contributed by atoms with van der Waals surface area (Å²) in [7, 11) is -3.67. The number of esters is 1. The molecule has 2 atom stereocenters. The standard InChI is InChI=1S/C20H20N2O5S/c1-14-12-22(13-15(2)26-14)28(24,25)19-9-5-17(6-10-19)20(23)27-18-7-3-16(11-21)4-8-18/h3-10,14-15H,12-13H2,1-2H3/t14-,15-/m0/s1. The quantitative estimate of drug-likeness (QED) is 0.578. The van der Waals surface area contributed by atoms with E-state index in [4.69, 9.17) is 14.7 Å². The summed E-state index contributed by atoms with van der Waals surface area (Å²) >= 11 is 0. The van der Waals surface area contributed by atoms with E-state index in [9.17, 15) is 13.2 Å². The van der Waals surface area contributed by atoms with E-state index in [1.54, 1.807) is 12.1 Å². The Morgan fingerprint density at radius 2 is 1.64 bits per heavy atom. The fourth-order valence-electron chi connectivity index (χ4n) is 3.00. The molecule has 1 aliphatic rings. The summed E-state index contributed by atoms with van der Waals surface area (Å²) in [6, 6.07) is 13.8. The Labute approximate surface area is 164 Å². The highest BCUT2D eigenvalue weighted by molar-refractivity contribution is 7.89. The van der Waals surface area contributed by atoms with Crippen molar-refractivity contribution in [3.8, 4) is 11.8 Å². The van der Waals surface area contributed by atoms with Gasteiger partial charge < -0.3 is 9.47 Å². The van der Waals surface area contributed by atoms with Gasteiger partial charge in [-0.15, -0.1) is 0 Å². The number of benzene rings is 2. The van der Waals surface area contributed by atoms with E-state index in [0.717, 1.165) is 0 Å². The normalized spacial score (nSPS) is 20.3. The van der Waals surface area contributed by atoms with Crippen LogP contribution in [0.4, 0.5) is 0 Å². The molecule has 146 valence electrons. The number of carbonyl (C=O) groups is 1. The van der Waals surface area contributed by atoms with Gasteiger partial charge in [-0.05, 0) is 62.4 Å². The van der Waals surface area contributed by atoms with Crippen molar-refractivity contribution in [1.29, 1.82) is 5.26 Å². The van der Waals surface area contributed by atoms with Gasteiger partial charge in [0, 0.05) is 13.1 Å². The predicted molar refractivity (Wildman–Crippen MR) is 101 cm³/mol. The number of hydrogen-bond donors (Lipinski definition) is 0. The highest BCUT2D eigenvalue weighted by atomic mass is 32.2. The number of sulfonamides is 1. The van der Waals surface area contributed by atoms with Crippen molar-refractivity contribution >= 4 is 16.0 Å². The van der Waals surface area contributed by atoms with E-state index in [1.807, 2.05) is 19.9 Å². The number of nitrogens with zero attached hydrogens (tertiary/aromatic N) is 2. The van der Waals surface area contributed by atoms with Gasteiger partial charge in [0.05, 0.1) is 34.3 Å². The highest BCUT2D eigenvalue weighted by Gasteiger charge is 2.32. The van der Waals surface area contributed by atoms with Crippen LogP contribution in [-0.4, -0.2) is 44.0 Å². The Balaban J connectivity index is 1.73. The van der Waals surface area contributed by atoms with Crippen molar-refractivity contribution in [3.05, 3.63) is 59.7 Å². The molecule has 0 radical (unpaired) electrons. The third-order valence-corrected chi connectivity index (χ3v) is 6.15. The first-order valence-electron chi connectivity index (χ1n) is 8.77. The number of hydrogen-bond acceptors (Lipinski definition) is 6. The van der Waals surface area contributed by atoms with Crippen LogP contribution >= 0.6 is 0 Å². The Morgan fingerprint density at radius 1 is 1.07 bits per heavy atom. The minimum absolute atomic E-state index is 0.115. The van der Waals surface area contributed by atoms with Crippen LogP contribution in [0.25, 0.3) is 0 Å². The molecule has 0 unspecified atom stereocenters. The zero-order chi connectivity index (χ0) is 20.3. The third kappa shape index (κ3) is 4.39. The lowest BCUT2D eigenvalue weighted by molar-refractivity contribution is -0.0440. The zero-order valence-electron chi connectivity index (χ0n) is 15.5. The second-order valence-electron chi connectivity index (χ2n) is 6.63. The van der Waals surface area contributed by atoms with Crippen molar-refractivity contribution in [1.82, 2.24) is 4.31 Å². The molecule has 2 aromatic rings. The van der Waals surface area contributed by atoms with E-state index >= 15 is 0 Å². The van der Waals surface area contributed by atoms with Crippen LogP contribution in [-0.2, 0) is 14.8 Å².